The van der Waals surface area contributed by atoms with Crippen LogP contribution >= 0.6 is 23.1 Å². The van der Waals surface area contributed by atoms with Gasteiger partial charge in [-0.2, -0.15) is 0 Å². The van der Waals surface area contributed by atoms with Gasteiger partial charge in [0.2, 0.25) is 0 Å². The summed E-state index contributed by atoms with van der Waals surface area (Å²) in [5.41, 5.74) is 2.40. The molecule has 0 saturated carbocycles. The molecule has 0 fully saturated rings. The maximum atomic E-state index is 11.5. The average Bonchev–Trinajstić information content (AvgIpc) is 3.19. The zero-order valence-corrected chi connectivity index (χ0v) is 17.3. The third-order valence-corrected chi connectivity index (χ3v) is 6.86. The highest BCUT2D eigenvalue weighted by Crippen LogP contribution is 2.35. The van der Waals surface area contributed by atoms with Crippen LogP contribution in [0.1, 0.15) is 45.0 Å². The lowest BCUT2D eigenvalue weighted by molar-refractivity contribution is -0.130. The lowest BCUT2D eigenvalue weighted by atomic mass is 10.0. The molecular weight excluding hydrogens is 380 g/mol. The molecule has 1 aromatic heterocycles. The summed E-state index contributed by atoms with van der Waals surface area (Å²) in [5, 5.41) is 23.6. The number of thiophene rings is 1. The summed E-state index contributed by atoms with van der Waals surface area (Å²) in [6.45, 7) is 7.84. The van der Waals surface area contributed by atoms with Crippen LogP contribution in [0.25, 0.3) is 15.7 Å². The topological polar surface area (TPSA) is 82.2 Å². The number of nitrogens with zero attached hydrogens (tertiary/aromatic N) is 2. The molecule has 2 N–H and O–H groups in total. The number of carboxylic acid groups (broad SMARTS) is 1. The highest BCUT2D eigenvalue weighted by molar-refractivity contribution is 8.16. The van der Waals surface area contributed by atoms with E-state index in [1.807, 2.05) is 30.5 Å². The lowest BCUT2D eigenvalue weighted by Gasteiger charge is -2.11. The molecule has 0 amide bonds. The minimum Gasteiger partial charge on any atom is -0.478 e. The van der Waals surface area contributed by atoms with Gasteiger partial charge < -0.3 is 10.2 Å². The first-order valence-electron chi connectivity index (χ1n) is 8.70. The molecule has 3 rings (SSSR count). The van der Waals surface area contributed by atoms with Gasteiger partial charge in [-0.15, -0.1) is 11.3 Å². The molecule has 2 atom stereocenters. The Balaban J connectivity index is 1.95. The molecule has 5 nitrogen and oxygen atoms in total. The van der Waals surface area contributed by atoms with E-state index in [2.05, 4.69) is 23.8 Å². The van der Waals surface area contributed by atoms with Gasteiger partial charge >= 0.3 is 5.97 Å². The maximum absolute atomic E-state index is 11.5. The van der Waals surface area contributed by atoms with Crippen molar-refractivity contribution < 1.29 is 15.0 Å². The molecule has 0 radical (unpaired) electrons. The van der Waals surface area contributed by atoms with E-state index < -0.39 is 12.2 Å². The Morgan fingerprint density at radius 3 is 2.70 bits per heavy atom. The van der Waals surface area contributed by atoms with E-state index in [-0.39, 0.29) is 10.9 Å². The molecule has 1 aliphatic rings. The molecule has 7 heteroatoms. The van der Waals surface area contributed by atoms with E-state index in [0.717, 1.165) is 20.8 Å². The second kappa shape index (κ2) is 7.96. The fraction of sp³-hybridized carbons (Fsp3) is 0.350. The number of carboxylic acids is 1. The molecule has 2 unspecified atom stereocenters. The Hall–Kier alpha value is -1.96. The molecule has 0 bridgehead atoms. The van der Waals surface area contributed by atoms with Crippen molar-refractivity contribution in [2.75, 3.05) is 0 Å². The summed E-state index contributed by atoms with van der Waals surface area (Å²) in [5.74, 6) is -0.563. The first kappa shape index (κ1) is 19.8. The number of benzene rings is 1. The van der Waals surface area contributed by atoms with E-state index >= 15 is 0 Å². The van der Waals surface area contributed by atoms with Gasteiger partial charge in [0.15, 0.2) is 6.23 Å². The predicted molar refractivity (Wildman–Crippen MR) is 115 cm³/mol. The van der Waals surface area contributed by atoms with Crippen LogP contribution in [-0.2, 0) is 4.79 Å². The third-order valence-electron chi connectivity index (χ3n) is 4.38. The Morgan fingerprint density at radius 1 is 1.37 bits per heavy atom. The molecule has 27 heavy (non-hydrogen) atoms. The number of aliphatic carboxylic acids is 1. The zero-order chi connectivity index (χ0) is 19.7. The van der Waals surface area contributed by atoms with E-state index in [9.17, 15) is 15.0 Å². The lowest BCUT2D eigenvalue weighted by Crippen LogP contribution is -2.06. The van der Waals surface area contributed by atoms with Crippen LogP contribution in [0.4, 0.5) is 0 Å². The van der Waals surface area contributed by atoms with Gasteiger partial charge in [0.1, 0.15) is 10.4 Å². The maximum Gasteiger partial charge on any atom is 0.336 e. The van der Waals surface area contributed by atoms with Gasteiger partial charge in [0.25, 0.3) is 0 Å². The highest BCUT2D eigenvalue weighted by Gasteiger charge is 2.25. The Morgan fingerprint density at radius 2 is 2.11 bits per heavy atom. The predicted octanol–water partition coefficient (Wildman–Crippen LogP) is 4.97. The molecule has 0 spiro atoms. The van der Waals surface area contributed by atoms with Gasteiger partial charge in [0.05, 0.1) is 11.3 Å². The number of aliphatic hydroxyl groups excluding tert-OH is 1. The van der Waals surface area contributed by atoms with E-state index in [1.54, 1.807) is 24.8 Å². The van der Waals surface area contributed by atoms with Crippen LogP contribution in [0.5, 0.6) is 0 Å². The van der Waals surface area contributed by atoms with Crippen LogP contribution in [0, 0.1) is 5.92 Å². The van der Waals surface area contributed by atoms with Gasteiger partial charge in [-0.3, -0.25) is 4.99 Å². The molecule has 142 valence electrons. The highest BCUT2D eigenvalue weighted by atomic mass is 32.2. The van der Waals surface area contributed by atoms with Crippen molar-refractivity contribution in [3.63, 3.8) is 0 Å². The number of hydrogen-bond donors (Lipinski definition) is 2. The van der Waals surface area contributed by atoms with E-state index in [1.165, 1.54) is 11.3 Å². The normalized spacial score (nSPS) is 20.5. The van der Waals surface area contributed by atoms with Crippen molar-refractivity contribution in [1.29, 1.82) is 0 Å². The Kier molecular flexibility index (Phi) is 5.83. The van der Waals surface area contributed by atoms with Crippen LogP contribution in [0.15, 0.2) is 39.6 Å². The quantitative estimate of drug-likeness (QED) is 0.692. The summed E-state index contributed by atoms with van der Waals surface area (Å²) in [6, 6.07) is 5.56. The molecule has 0 saturated heterocycles. The van der Waals surface area contributed by atoms with Gasteiger partial charge in [0, 0.05) is 26.6 Å². The standard InChI is InChI=1S/C20H22N2O3S2/c1-5-13(20(24)25)15-9-26-16-7-6-12(8-14(15)16)17(23)22-19-11(4)21-18(27-19)10(2)3/h5-10,17-18,23H,1-4H3,(H,24,25). The number of rotatable bonds is 5. The van der Waals surface area contributed by atoms with Crippen molar-refractivity contribution in [1.82, 2.24) is 0 Å². The molecule has 1 aliphatic heterocycles. The fourth-order valence-corrected chi connectivity index (χ4v) is 4.91. The summed E-state index contributed by atoms with van der Waals surface area (Å²) < 4.78 is 0.974. The number of fused-ring (bicyclic) bond motifs is 1. The molecule has 0 aliphatic carbocycles. The second-order valence-corrected chi connectivity index (χ2v) is 8.70. The van der Waals surface area contributed by atoms with Crippen LogP contribution in [0.2, 0.25) is 0 Å². The zero-order valence-electron chi connectivity index (χ0n) is 15.6. The number of aliphatic hydroxyl groups is 1. The summed E-state index contributed by atoms with van der Waals surface area (Å²) in [7, 11) is 0. The van der Waals surface area contributed by atoms with Crippen LogP contribution < -0.4 is 0 Å². The average molecular weight is 403 g/mol. The van der Waals surface area contributed by atoms with Gasteiger partial charge in [-0.25, -0.2) is 9.79 Å². The smallest absolute Gasteiger partial charge is 0.336 e. The van der Waals surface area contributed by atoms with Crippen LogP contribution in [0.3, 0.4) is 0 Å². The molecular formula is C20H22N2O3S2. The van der Waals surface area contributed by atoms with Crippen molar-refractivity contribution in [3.05, 3.63) is 40.8 Å². The monoisotopic (exact) mass is 402 g/mol. The second-order valence-electron chi connectivity index (χ2n) is 6.69. The van der Waals surface area contributed by atoms with E-state index in [0.29, 0.717) is 17.0 Å². The first-order valence-corrected chi connectivity index (χ1v) is 10.5. The number of thioether (sulfide) groups is 1. The SMILES string of the molecule is CC=C(C(=O)O)c1csc2ccc(C(O)N=C3SC(C(C)C)N=C3C)cc12. The Labute approximate surface area is 166 Å². The van der Waals surface area contributed by atoms with E-state index in [4.69, 9.17) is 0 Å². The van der Waals surface area contributed by atoms with Crippen molar-refractivity contribution >= 4 is 55.5 Å². The van der Waals surface area contributed by atoms with Crippen LogP contribution in [-0.4, -0.2) is 32.3 Å². The summed E-state index contributed by atoms with van der Waals surface area (Å²) in [6.07, 6.45) is 0.577. The first-order chi connectivity index (χ1) is 12.8. The van der Waals surface area contributed by atoms with Gasteiger partial charge in [-0.05, 0) is 31.9 Å². The number of aliphatic imine (C=N–C) groups is 2. The minimum atomic E-state index is -1.01. The van der Waals surface area contributed by atoms with Crippen molar-refractivity contribution in [2.45, 2.75) is 39.3 Å². The third kappa shape index (κ3) is 4.00. The Bertz CT molecular complexity index is 973. The largest absolute Gasteiger partial charge is 0.478 e. The van der Waals surface area contributed by atoms with Crippen molar-refractivity contribution in [3.8, 4) is 0 Å². The minimum absolute atomic E-state index is 0.134. The number of carbonyl (C=O) groups is 1. The molecule has 2 heterocycles. The molecule has 1 aromatic carbocycles. The fourth-order valence-electron chi connectivity index (χ4n) is 2.88. The van der Waals surface area contributed by atoms with Crippen molar-refractivity contribution in [2.24, 2.45) is 15.9 Å². The summed E-state index contributed by atoms with van der Waals surface area (Å²) >= 11 is 3.06. The number of allylic oxidation sites excluding steroid dienone is 1. The summed E-state index contributed by atoms with van der Waals surface area (Å²) in [4.78, 5) is 20.5. The van der Waals surface area contributed by atoms with Gasteiger partial charge in [-0.1, -0.05) is 37.8 Å². The molecule has 2 aromatic rings. The number of hydrogen-bond acceptors (Lipinski definition) is 6.